The van der Waals surface area contributed by atoms with E-state index in [1.807, 2.05) is 11.3 Å². The molecule has 0 aliphatic carbocycles. The average molecular weight is 282 g/mol. The van der Waals surface area contributed by atoms with Crippen LogP contribution in [0.1, 0.15) is 44.4 Å². The third-order valence-electron chi connectivity index (χ3n) is 4.10. The fourth-order valence-electron chi connectivity index (χ4n) is 2.51. The Bertz CT molecular complexity index is 311. The molecule has 1 heterocycles. The highest BCUT2D eigenvalue weighted by molar-refractivity contribution is 7.09. The molecule has 0 amide bonds. The van der Waals surface area contributed by atoms with Crippen molar-refractivity contribution in [1.82, 2.24) is 4.90 Å². The Morgan fingerprint density at radius 3 is 2.74 bits per heavy atom. The van der Waals surface area contributed by atoms with Gasteiger partial charge in [-0.2, -0.15) is 0 Å². The summed E-state index contributed by atoms with van der Waals surface area (Å²) < 4.78 is 0. The predicted octanol–water partition coefficient (Wildman–Crippen LogP) is 3.77. The van der Waals surface area contributed by atoms with Crippen LogP contribution in [0.5, 0.6) is 0 Å². The van der Waals surface area contributed by atoms with Crippen LogP contribution in [0.25, 0.3) is 0 Å². The first-order chi connectivity index (χ1) is 9.17. The van der Waals surface area contributed by atoms with Gasteiger partial charge in [0.05, 0.1) is 0 Å². The first-order valence-corrected chi connectivity index (χ1v) is 8.48. The number of thiophene rings is 1. The first-order valence-electron chi connectivity index (χ1n) is 7.60. The molecule has 0 aromatic carbocycles. The topological polar surface area (TPSA) is 29.3 Å². The summed E-state index contributed by atoms with van der Waals surface area (Å²) in [5.74, 6) is 0.825. The normalized spacial score (nSPS) is 14.8. The Kier molecular flexibility index (Phi) is 8.35. The SMILES string of the molecule is CCC(CCN)CCCN(C)C(C)Cc1cccs1. The molecule has 0 spiro atoms. The molecule has 0 saturated heterocycles. The van der Waals surface area contributed by atoms with Crippen LogP contribution in [0, 0.1) is 5.92 Å². The Balaban J connectivity index is 2.20. The Morgan fingerprint density at radius 1 is 1.37 bits per heavy atom. The van der Waals surface area contributed by atoms with E-state index in [0.717, 1.165) is 12.5 Å². The molecule has 3 heteroatoms. The molecule has 0 saturated carbocycles. The number of hydrogen-bond donors (Lipinski definition) is 1. The highest BCUT2D eigenvalue weighted by Gasteiger charge is 2.11. The lowest BCUT2D eigenvalue weighted by atomic mass is 9.96. The molecule has 0 radical (unpaired) electrons. The lowest BCUT2D eigenvalue weighted by Gasteiger charge is -2.25. The average Bonchev–Trinajstić information content (AvgIpc) is 2.90. The summed E-state index contributed by atoms with van der Waals surface area (Å²) in [7, 11) is 2.25. The van der Waals surface area contributed by atoms with Crippen LogP contribution in [-0.2, 0) is 6.42 Å². The third-order valence-corrected chi connectivity index (χ3v) is 5.00. The van der Waals surface area contributed by atoms with Crippen molar-refractivity contribution >= 4 is 11.3 Å². The van der Waals surface area contributed by atoms with Crippen molar-refractivity contribution in [3.05, 3.63) is 22.4 Å². The van der Waals surface area contributed by atoms with Gasteiger partial charge >= 0.3 is 0 Å². The second kappa shape index (κ2) is 9.51. The molecule has 19 heavy (non-hydrogen) atoms. The monoisotopic (exact) mass is 282 g/mol. The molecule has 1 rings (SSSR count). The van der Waals surface area contributed by atoms with Crippen LogP contribution in [0.15, 0.2) is 17.5 Å². The molecule has 0 aliphatic heterocycles. The van der Waals surface area contributed by atoms with Crippen LogP contribution < -0.4 is 5.73 Å². The molecule has 1 aromatic rings. The second-order valence-corrected chi connectivity index (χ2v) is 6.64. The molecule has 0 aliphatic rings. The van der Waals surface area contributed by atoms with E-state index in [4.69, 9.17) is 5.73 Å². The molecule has 2 unspecified atom stereocenters. The summed E-state index contributed by atoms with van der Waals surface area (Å²) >= 11 is 1.87. The van der Waals surface area contributed by atoms with E-state index >= 15 is 0 Å². The number of nitrogens with two attached hydrogens (primary N) is 1. The number of rotatable bonds is 10. The molecule has 1 aromatic heterocycles. The van der Waals surface area contributed by atoms with Gasteiger partial charge in [-0.3, -0.25) is 0 Å². The van der Waals surface area contributed by atoms with E-state index in [2.05, 4.69) is 43.3 Å². The van der Waals surface area contributed by atoms with Gasteiger partial charge in [-0.1, -0.05) is 19.4 Å². The largest absolute Gasteiger partial charge is 0.330 e. The van der Waals surface area contributed by atoms with Crippen molar-refractivity contribution in [3.8, 4) is 0 Å². The highest BCUT2D eigenvalue weighted by atomic mass is 32.1. The molecular weight excluding hydrogens is 252 g/mol. The van der Waals surface area contributed by atoms with Crippen LogP contribution in [-0.4, -0.2) is 31.1 Å². The summed E-state index contributed by atoms with van der Waals surface area (Å²) in [5.41, 5.74) is 5.65. The van der Waals surface area contributed by atoms with Gasteiger partial charge in [0.1, 0.15) is 0 Å². The molecule has 0 fully saturated rings. The number of likely N-dealkylation sites (N-methyl/N-ethyl adjacent to an activating group) is 1. The summed E-state index contributed by atoms with van der Waals surface area (Å²) in [4.78, 5) is 3.99. The van der Waals surface area contributed by atoms with Crippen molar-refractivity contribution in [1.29, 1.82) is 0 Å². The highest BCUT2D eigenvalue weighted by Crippen LogP contribution is 2.17. The standard InChI is InChI=1S/C16H30N2S/c1-4-15(9-10-17)7-5-11-18(3)14(2)13-16-8-6-12-19-16/h6,8,12,14-15H,4-5,7,9-11,13,17H2,1-3H3. The minimum Gasteiger partial charge on any atom is -0.330 e. The van der Waals surface area contributed by atoms with Crippen molar-refractivity contribution in [2.75, 3.05) is 20.1 Å². The zero-order valence-corrected chi connectivity index (χ0v) is 13.6. The number of hydrogen-bond acceptors (Lipinski definition) is 3. The van der Waals surface area contributed by atoms with Gasteiger partial charge in [0.2, 0.25) is 0 Å². The van der Waals surface area contributed by atoms with Gasteiger partial charge in [0, 0.05) is 10.9 Å². The van der Waals surface area contributed by atoms with E-state index in [1.165, 1.54) is 43.5 Å². The zero-order chi connectivity index (χ0) is 14.1. The predicted molar refractivity (Wildman–Crippen MR) is 86.8 cm³/mol. The lowest BCUT2D eigenvalue weighted by molar-refractivity contribution is 0.243. The molecular formula is C16H30N2S. The molecule has 110 valence electrons. The lowest BCUT2D eigenvalue weighted by Crippen LogP contribution is -2.31. The maximum absolute atomic E-state index is 5.65. The van der Waals surface area contributed by atoms with Gasteiger partial charge < -0.3 is 10.6 Å². The van der Waals surface area contributed by atoms with E-state index in [9.17, 15) is 0 Å². The fraction of sp³-hybridized carbons (Fsp3) is 0.750. The maximum atomic E-state index is 5.65. The van der Waals surface area contributed by atoms with Crippen molar-refractivity contribution in [2.24, 2.45) is 11.7 Å². The minimum absolute atomic E-state index is 0.633. The van der Waals surface area contributed by atoms with Crippen molar-refractivity contribution < 1.29 is 0 Å². The van der Waals surface area contributed by atoms with Gasteiger partial charge in [-0.05, 0) is 70.1 Å². The molecule has 2 nitrogen and oxygen atoms in total. The Hall–Kier alpha value is -0.380. The molecule has 0 bridgehead atoms. The molecule has 2 N–H and O–H groups in total. The third kappa shape index (κ3) is 6.55. The van der Waals surface area contributed by atoms with Crippen LogP contribution in [0.2, 0.25) is 0 Å². The molecule has 2 atom stereocenters. The van der Waals surface area contributed by atoms with E-state index in [1.54, 1.807) is 0 Å². The van der Waals surface area contributed by atoms with Crippen LogP contribution in [0.4, 0.5) is 0 Å². The summed E-state index contributed by atoms with van der Waals surface area (Å²) in [6, 6.07) is 5.02. The van der Waals surface area contributed by atoms with Crippen LogP contribution in [0.3, 0.4) is 0 Å². The van der Waals surface area contributed by atoms with Gasteiger partial charge in [-0.15, -0.1) is 11.3 Å². The van der Waals surface area contributed by atoms with Gasteiger partial charge in [0.15, 0.2) is 0 Å². The van der Waals surface area contributed by atoms with Crippen molar-refractivity contribution in [2.45, 2.75) is 52.0 Å². The summed E-state index contributed by atoms with van der Waals surface area (Å²) in [5, 5.41) is 2.17. The maximum Gasteiger partial charge on any atom is 0.0112 e. The van der Waals surface area contributed by atoms with E-state index in [-0.39, 0.29) is 0 Å². The summed E-state index contributed by atoms with van der Waals surface area (Å²) in [6.07, 6.45) is 6.25. The summed E-state index contributed by atoms with van der Waals surface area (Å²) in [6.45, 7) is 6.65. The van der Waals surface area contributed by atoms with E-state index < -0.39 is 0 Å². The Morgan fingerprint density at radius 2 is 2.16 bits per heavy atom. The first kappa shape index (κ1) is 16.7. The quantitative estimate of drug-likeness (QED) is 0.708. The Labute approximate surface area is 123 Å². The fourth-order valence-corrected chi connectivity index (χ4v) is 3.34. The number of nitrogens with zero attached hydrogens (tertiary/aromatic N) is 1. The van der Waals surface area contributed by atoms with E-state index in [0.29, 0.717) is 6.04 Å². The smallest absolute Gasteiger partial charge is 0.0112 e. The van der Waals surface area contributed by atoms with Crippen molar-refractivity contribution in [3.63, 3.8) is 0 Å². The zero-order valence-electron chi connectivity index (χ0n) is 12.8. The minimum atomic E-state index is 0.633. The van der Waals surface area contributed by atoms with Gasteiger partial charge in [0.25, 0.3) is 0 Å². The van der Waals surface area contributed by atoms with Gasteiger partial charge in [-0.25, -0.2) is 0 Å². The second-order valence-electron chi connectivity index (χ2n) is 5.61. The van der Waals surface area contributed by atoms with Crippen LogP contribution >= 0.6 is 11.3 Å².